The monoisotopic (exact) mass is 324 g/mol. The Kier molecular flexibility index (Phi) is 4.16. The van der Waals surface area contributed by atoms with Gasteiger partial charge in [-0.2, -0.15) is 0 Å². The normalized spacial score (nSPS) is 12.1. The highest BCUT2D eigenvalue weighted by atomic mass is 16.5. The van der Waals surface area contributed by atoms with Crippen molar-refractivity contribution >= 4 is 22.6 Å². The molecule has 0 amide bonds. The number of methoxy groups -OCH3 is 2. The smallest absolute Gasteiger partial charge is 0.337 e. The second kappa shape index (κ2) is 6.28. The molecule has 0 fully saturated rings. The zero-order valence-corrected chi connectivity index (χ0v) is 13.9. The molecule has 0 aliphatic carbocycles. The number of nitrogens with one attached hydrogen (secondary N) is 1. The van der Waals surface area contributed by atoms with Crippen molar-refractivity contribution in [2.24, 2.45) is 0 Å². The van der Waals surface area contributed by atoms with Crippen molar-refractivity contribution in [3.8, 4) is 5.75 Å². The second-order valence-electron chi connectivity index (χ2n) is 5.72. The number of benzene rings is 2. The van der Waals surface area contributed by atoms with E-state index in [2.05, 4.69) is 11.9 Å². The Hall–Kier alpha value is -2.95. The number of anilines is 1. The highest BCUT2D eigenvalue weighted by Gasteiger charge is 2.19. The van der Waals surface area contributed by atoms with Gasteiger partial charge in [0.15, 0.2) is 0 Å². The molecule has 5 heteroatoms. The molecule has 3 N–H and O–H groups in total. The zero-order valence-electron chi connectivity index (χ0n) is 13.9. The van der Waals surface area contributed by atoms with Crippen LogP contribution in [0.1, 0.15) is 34.3 Å². The lowest BCUT2D eigenvalue weighted by molar-refractivity contribution is 0.0600. The molecule has 0 saturated carbocycles. The minimum absolute atomic E-state index is 0.0715. The van der Waals surface area contributed by atoms with Gasteiger partial charge in [-0.05, 0) is 35.9 Å². The van der Waals surface area contributed by atoms with Crippen molar-refractivity contribution in [1.82, 2.24) is 4.98 Å². The van der Waals surface area contributed by atoms with Gasteiger partial charge in [0.2, 0.25) is 0 Å². The largest absolute Gasteiger partial charge is 0.496 e. The van der Waals surface area contributed by atoms with E-state index in [1.54, 1.807) is 19.2 Å². The van der Waals surface area contributed by atoms with E-state index in [1.165, 1.54) is 7.11 Å². The average Bonchev–Trinajstić information content (AvgIpc) is 3.02. The van der Waals surface area contributed by atoms with Gasteiger partial charge in [0.1, 0.15) is 5.75 Å². The molecule has 1 aromatic heterocycles. The van der Waals surface area contributed by atoms with Gasteiger partial charge < -0.3 is 20.2 Å². The van der Waals surface area contributed by atoms with Crippen LogP contribution in [0.15, 0.2) is 42.6 Å². The fourth-order valence-corrected chi connectivity index (χ4v) is 3.00. The standard InChI is InChI=1S/C19H20N2O3/c1-11(16-10-21-17-7-5-13(20)9-15(16)17)14-6-4-12(19(22)24-3)8-18(14)23-2/h4-11,21H,20H2,1-3H3/t11-/m1/s1. The summed E-state index contributed by atoms with van der Waals surface area (Å²) in [6, 6.07) is 11.2. The topological polar surface area (TPSA) is 77.3 Å². The Balaban J connectivity index is 2.07. The lowest BCUT2D eigenvalue weighted by Crippen LogP contribution is -2.04. The number of rotatable bonds is 4. The van der Waals surface area contributed by atoms with E-state index in [0.717, 1.165) is 27.7 Å². The average molecular weight is 324 g/mol. The van der Waals surface area contributed by atoms with Gasteiger partial charge in [0.05, 0.1) is 19.8 Å². The number of carbonyl (C=O) groups excluding carboxylic acids is 1. The number of nitrogen functional groups attached to an aromatic ring is 1. The van der Waals surface area contributed by atoms with Gasteiger partial charge in [0.25, 0.3) is 0 Å². The maximum absolute atomic E-state index is 11.7. The van der Waals surface area contributed by atoms with Crippen LogP contribution in [0.3, 0.4) is 0 Å². The van der Waals surface area contributed by atoms with Crippen LogP contribution in [0.4, 0.5) is 5.69 Å². The quantitative estimate of drug-likeness (QED) is 0.567. The van der Waals surface area contributed by atoms with Gasteiger partial charge in [-0.1, -0.05) is 13.0 Å². The van der Waals surface area contributed by atoms with E-state index in [-0.39, 0.29) is 11.9 Å². The summed E-state index contributed by atoms with van der Waals surface area (Å²) in [6.45, 7) is 2.10. The molecule has 0 saturated heterocycles. The van der Waals surface area contributed by atoms with Crippen LogP contribution in [0, 0.1) is 0 Å². The minimum atomic E-state index is -0.382. The molecule has 1 heterocycles. The molecule has 2 aromatic carbocycles. The van der Waals surface area contributed by atoms with Crippen LogP contribution in [0.25, 0.3) is 10.9 Å². The number of aromatic amines is 1. The number of fused-ring (bicyclic) bond motifs is 1. The molecule has 0 aliphatic rings. The third-order valence-electron chi connectivity index (χ3n) is 4.33. The molecular weight excluding hydrogens is 304 g/mol. The maximum atomic E-state index is 11.7. The lowest BCUT2D eigenvalue weighted by atomic mass is 9.91. The Morgan fingerprint density at radius 1 is 1.12 bits per heavy atom. The van der Waals surface area contributed by atoms with Crippen LogP contribution in [-0.2, 0) is 4.74 Å². The highest BCUT2D eigenvalue weighted by molar-refractivity contribution is 5.90. The molecule has 3 aromatic rings. The number of ether oxygens (including phenoxy) is 2. The van der Waals surface area contributed by atoms with Crippen LogP contribution in [0.5, 0.6) is 5.75 Å². The van der Waals surface area contributed by atoms with E-state index >= 15 is 0 Å². The zero-order chi connectivity index (χ0) is 17.3. The van der Waals surface area contributed by atoms with E-state index in [1.807, 2.05) is 30.5 Å². The first-order valence-corrected chi connectivity index (χ1v) is 7.68. The van der Waals surface area contributed by atoms with Crippen LogP contribution < -0.4 is 10.5 Å². The fraction of sp³-hybridized carbons (Fsp3) is 0.211. The van der Waals surface area contributed by atoms with E-state index in [4.69, 9.17) is 15.2 Å². The molecule has 3 rings (SSSR count). The predicted octanol–water partition coefficient (Wildman–Crippen LogP) is 3.70. The van der Waals surface area contributed by atoms with Crippen molar-refractivity contribution in [3.63, 3.8) is 0 Å². The van der Waals surface area contributed by atoms with Gasteiger partial charge in [0, 0.05) is 34.3 Å². The van der Waals surface area contributed by atoms with Crippen molar-refractivity contribution in [2.75, 3.05) is 20.0 Å². The predicted molar refractivity (Wildman–Crippen MR) is 94.6 cm³/mol. The van der Waals surface area contributed by atoms with Crippen LogP contribution in [-0.4, -0.2) is 25.2 Å². The molecule has 124 valence electrons. The van der Waals surface area contributed by atoms with Crippen molar-refractivity contribution in [2.45, 2.75) is 12.8 Å². The Labute approximate surface area is 140 Å². The Morgan fingerprint density at radius 2 is 1.92 bits per heavy atom. The number of hydrogen-bond donors (Lipinski definition) is 2. The van der Waals surface area contributed by atoms with E-state index in [0.29, 0.717) is 11.3 Å². The summed E-state index contributed by atoms with van der Waals surface area (Å²) >= 11 is 0. The minimum Gasteiger partial charge on any atom is -0.496 e. The van der Waals surface area contributed by atoms with Gasteiger partial charge in [-0.3, -0.25) is 0 Å². The van der Waals surface area contributed by atoms with Crippen molar-refractivity contribution < 1.29 is 14.3 Å². The Bertz CT molecular complexity index is 899. The number of H-pyrrole nitrogens is 1. The summed E-state index contributed by atoms with van der Waals surface area (Å²) in [4.78, 5) is 15.0. The summed E-state index contributed by atoms with van der Waals surface area (Å²) < 4.78 is 10.3. The highest BCUT2D eigenvalue weighted by Crippen LogP contribution is 2.36. The lowest BCUT2D eigenvalue weighted by Gasteiger charge is -2.16. The van der Waals surface area contributed by atoms with Crippen molar-refractivity contribution in [3.05, 3.63) is 59.3 Å². The number of nitrogens with two attached hydrogens (primary N) is 1. The molecule has 0 aliphatic heterocycles. The van der Waals surface area contributed by atoms with Crippen molar-refractivity contribution in [1.29, 1.82) is 0 Å². The summed E-state index contributed by atoms with van der Waals surface area (Å²) in [5, 5.41) is 1.08. The molecule has 0 spiro atoms. The third kappa shape index (κ3) is 2.69. The molecule has 0 unspecified atom stereocenters. The molecular formula is C19H20N2O3. The molecule has 5 nitrogen and oxygen atoms in total. The van der Waals surface area contributed by atoms with E-state index < -0.39 is 0 Å². The van der Waals surface area contributed by atoms with Gasteiger partial charge in [-0.25, -0.2) is 4.79 Å². The Morgan fingerprint density at radius 3 is 2.62 bits per heavy atom. The number of carbonyl (C=O) groups is 1. The molecule has 24 heavy (non-hydrogen) atoms. The van der Waals surface area contributed by atoms with E-state index in [9.17, 15) is 4.79 Å². The summed E-state index contributed by atoms with van der Waals surface area (Å²) in [5.41, 5.74) is 10.3. The molecule has 0 bridgehead atoms. The SMILES string of the molecule is COC(=O)c1ccc([C@@H](C)c2c[nH]c3ccc(N)cc23)c(OC)c1. The number of aromatic nitrogens is 1. The summed E-state index contributed by atoms with van der Waals surface area (Å²) in [7, 11) is 2.96. The summed E-state index contributed by atoms with van der Waals surface area (Å²) in [6.07, 6.45) is 1.99. The number of esters is 1. The molecule has 1 atom stereocenters. The van der Waals surface area contributed by atoms with Crippen LogP contribution >= 0.6 is 0 Å². The van der Waals surface area contributed by atoms with Crippen LogP contribution in [0.2, 0.25) is 0 Å². The van der Waals surface area contributed by atoms with Gasteiger partial charge in [-0.15, -0.1) is 0 Å². The summed E-state index contributed by atoms with van der Waals surface area (Å²) in [5.74, 6) is 0.346. The number of hydrogen-bond acceptors (Lipinski definition) is 4. The maximum Gasteiger partial charge on any atom is 0.337 e. The first kappa shape index (κ1) is 15.9. The van der Waals surface area contributed by atoms with Gasteiger partial charge >= 0.3 is 5.97 Å². The third-order valence-corrected chi connectivity index (χ3v) is 4.33. The molecule has 0 radical (unpaired) electrons. The fourth-order valence-electron chi connectivity index (χ4n) is 3.00. The second-order valence-corrected chi connectivity index (χ2v) is 5.72. The first-order valence-electron chi connectivity index (χ1n) is 7.68. The first-order chi connectivity index (χ1) is 11.5.